The van der Waals surface area contributed by atoms with E-state index in [2.05, 4.69) is 20.8 Å². The number of carbonyl (C=O) groups is 1. The molecule has 6 nitrogen and oxygen atoms in total. The van der Waals surface area contributed by atoms with Gasteiger partial charge in [0.25, 0.3) is 5.91 Å². The number of benzene rings is 2. The number of nitrogens with zero attached hydrogens (tertiary/aromatic N) is 2. The van der Waals surface area contributed by atoms with E-state index in [-0.39, 0.29) is 11.6 Å². The van der Waals surface area contributed by atoms with Crippen LogP contribution in [0.25, 0.3) is 0 Å². The molecule has 0 radical (unpaired) electrons. The van der Waals surface area contributed by atoms with Crippen LogP contribution in [0.4, 0.5) is 11.5 Å². The molecule has 3 rings (SSSR count). The summed E-state index contributed by atoms with van der Waals surface area (Å²) in [6, 6.07) is 18.0. The van der Waals surface area contributed by atoms with E-state index in [9.17, 15) is 4.79 Å². The van der Waals surface area contributed by atoms with E-state index in [0.717, 1.165) is 5.56 Å². The predicted octanol–water partition coefficient (Wildman–Crippen LogP) is 4.00. The molecule has 0 aliphatic heterocycles. The fourth-order valence-electron chi connectivity index (χ4n) is 2.27. The van der Waals surface area contributed by atoms with Gasteiger partial charge in [-0.25, -0.2) is 0 Å². The second-order valence-electron chi connectivity index (χ2n) is 5.43. The number of hydrogen-bond donors (Lipinski definition) is 2. The third-order valence-corrected chi connectivity index (χ3v) is 4.01. The molecule has 3 aromatic rings. The van der Waals surface area contributed by atoms with Gasteiger partial charge in [-0.2, -0.15) is 0 Å². The van der Waals surface area contributed by atoms with Crippen molar-refractivity contribution >= 4 is 29.0 Å². The van der Waals surface area contributed by atoms with Crippen molar-refractivity contribution in [1.29, 1.82) is 0 Å². The average molecular weight is 369 g/mol. The highest BCUT2D eigenvalue weighted by molar-refractivity contribution is 6.31. The Labute approximate surface area is 156 Å². The first-order valence-corrected chi connectivity index (χ1v) is 8.30. The van der Waals surface area contributed by atoms with Crippen molar-refractivity contribution in [2.75, 3.05) is 17.7 Å². The maximum Gasteiger partial charge on any atom is 0.276 e. The number of aromatic nitrogens is 2. The van der Waals surface area contributed by atoms with Crippen LogP contribution in [-0.4, -0.2) is 23.2 Å². The van der Waals surface area contributed by atoms with Crippen LogP contribution in [0.3, 0.4) is 0 Å². The minimum absolute atomic E-state index is 0.219. The maximum absolute atomic E-state index is 12.3. The Balaban J connectivity index is 1.61. The van der Waals surface area contributed by atoms with Crippen LogP contribution in [0.1, 0.15) is 16.1 Å². The van der Waals surface area contributed by atoms with Gasteiger partial charge in [-0.15, -0.1) is 10.2 Å². The fourth-order valence-corrected chi connectivity index (χ4v) is 2.47. The summed E-state index contributed by atoms with van der Waals surface area (Å²) in [5.41, 5.74) is 1.80. The number of nitrogens with one attached hydrogen (secondary N) is 2. The second-order valence-corrected chi connectivity index (χ2v) is 5.84. The van der Waals surface area contributed by atoms with Gasteiger partial charge in [0.05, 0.1) is 7.11 Å². The van der Waals surface area contributed by atoms with Crippen LogP contribution >= 0.6 is 11.6 Å². The highest BCUT2D eigenvalue weighted by Gasteiger charge is 2.09. The number of ether oxygens (including phenoxy) is 1. The molecule has 0 aliphatic carbocycles. The molecule has 26 heavy (non-hydrogen) atoms. The number of carbonyl (C=O) groups excluding carboxylic acids is 1. The summed E-state index contributed by atoms with van der Waals surface area (Å²) in [5, 5.41) is 14.6. The Bertz CT molecular complexity index is 900. The molecule has 0 unspecified atom stereocenters. The van der Waals surface area contributed by atoms with E-state index in [1.807, 2.05) is 24.3 Å². The van der Waals surface area contributed by atoms with Gasteiger partial charge in [-0.05, 0) is 35.9 Å². The first-order chi connectivity index (χ1) is 12.7. The Morgan fingerprint density at radius 2 is 1.92 bits per heavy atom. The number of anilines is 2. The first-order valence-electron chi connectivity index (χ1n) is 7.92. The predicted molar refractivity (Wildman–Crippen MR) is 102 cm³/mol. The summed E-state index contributed by atoms with van der Waals surface area (Å²) in [6.07, 6.45) is 0. The normalized spacial score (nSPS) is 10.2. The zero-order valence-corrected chi connectivity index (χ0v) is 14.8. The molecule has 0 aliphatic rings. The SMILES string of the molecule is COc1cccc(NC(=O)c2ccc(NCc3ccccc3Cl)nn2)c1. The van der Waals surface area contributed by atoms with Crippen molar-refractivity contribution in [3.63, 3.8) is 0 Å². The summed E-state index contributed by atoms with van der Waals surface area (Å²) >= 11 is 6.12. The number of methoxy groups -OCH3 is 1. The monoisotopic (exact) mass is 368 g/mol. The van der Waals surface area contributed by atoms with Gasteiger partial charge in [0.1, 0.15) is 11.6 Å². The van der Waals surface area contributed by atoms with E-state index in [1.165, 1.54) is 0 Å². The molecule has 1 heterocycles. The number of amides is 1. The summed E-state index contributed by atoms with van der Waals surface area (Å²) in [7, 11) is 1.57. The first kappa shape index (κ1) is 17.7. The fraction of sp³-hybridized carbons (Fsp3) is 0.105. The van der Waals surface area contributed by atoms with Crippen molar-refractivity contribution in [3.8, 4) is 5.75 Å². The van der Waals surface area contributed by atoms with E-state index < -0.39 is 0 Å². The average Bonchev–Trinajstić information content (AvgIpc) is 2.68. The standard InChI is InChI=1S/C19H17ClN4O2/c1-26-15-7-4-6-14(11-15)22-19(25)17-9-10-18(24-23-17)21-12-13-5-2-3-8-16(13)20/h2-11H,12H2,1H3,(H,21,24)(H,22,25). The summed E-state index contributed by atoms with van der Waals surface area (Å²) in [5.74, 6) is 0.874. The molecular formula is C19H17ClN4O2. The molecule has 1 amide bonds. The van der Waals surface area contributed by atoms with Gasteiger partial charge < -0.3 is 15.4 Å². The lowest BCUT2D eigenvalue weighted by molar-refractivity contribution is 0.102. The highest BCUT2D eigenvalue weighted by Crippen LogP contribution is 2.18. The zero-order chi connectivity index (χ0) is 18.4. The number of halogens is 1. The van der Waals surface area contributed by atoms with Crippen LogP contribution in [0, 0.1) is 0 Å². The van der Waals surface area contributed by atoms with Gasteiger partial charge in [-0.1, -0.05) is 35.9 Å². The van der Waals surface area contributed by atoms with Crippen molar-refractivity contribution in [2.45, 2.75) is 6.54 Å². The van der Waals surface area contributed by atoms with Gasteiger partial charge in [0.2, 0.25) is 0 Å². The van der Waals surface area contributed by atoms with E-state index in [4.69, 9.17) is 16.3 Å². The topological polar surface area (TPSA) is 76.1 Å². The Kier molecular flexibility index (Phi) is 5.66. The van der Waals surface area contributed by atoms with Gasteiger partial charge in [-0.3, -0.25) is 4.79 Å². The molecule has 0 fully saturated rings. The Morgan fingerprint density at radius 1 is 1.08 bits per heavy atom. The third-order valence-electron chi connectivity index (χ3n) is 3.64. The summed E-state index contributed by atoms with van der Waals surface area (Å²) < 4.78 is 5.13. The molecule has 0 saturated heterocycles. The molecule has 0 spiro atoms. The lowest BCUT2D eigenvalue weighted by atomic mass is 10.2. The molecule has 1 aromatic heterocycles. The molecule has 2 N–H and O–H groups in total. The molecule has 7 heteroatoms. The van der Waals surface area contributed by atoms with Crippen LogP contribution in [0.5, 0.6) is 5.75 Å². The summed E-state index contributed by atoms with van der Waals surface area (Å²) in [6.45, 7) is 0.518. The highest BCUT2D eigenvalue weighted by atomic mass is 35.5. The molecular weight excluding hydrogens is 352 g/mol. The minimum Gasteiger partial charge on any atom is -0.497 e. The van der Waals surface area contributed by atoms with E-state index in [0.29, 0.717) is 28.8 Å². The number of rotatable bonds is 6. The molecule has 0 atom stereocenters. The summed E-state index contributed by atoms with van der Waals surface area (Å²) in [4.78, 5) is 12.3. The van der Waals surface area contributed by atoms with E-state index in [1.54, 1.807) is 43.5 Å². The quantitative estimate of drug-likeness (QED) is 0.687. The van der Waals surface area contributed by atoms with Gasteiger partial charge >= 0.3 is 0 Å². The van der Waals surface area contributed by atoms with Crippen molar-refractivity contribution in [2.24, 2.45) is 0 Å². The molecule has 0 saturated carbocycles. The molecule has 2 aromatic carbocycles. The Hall–Kier alpha value is -3.12. The third kappa shape index (κ3) is 4.49. The van der Waals surface area contributed by atoms with Crippen LogP contribution in [0.15, 0.2) is 60.7 Å². The van der Waals surface area contributed by atoms with Gasteiger partial charge in [0.15, 0.2) is 5.69 Å². The smallest absolute Gasteiger partial charge is 0.276 e. The van der Waals surface area contributed by atoms with Crippen LogP contribution in [0.2, 0.25) is 5.02 Å². The van der Waals surface area contributed by atoms with Gasteiger partial charge in [0, 0.05) is 23.3 Å². The van der Waals surface area contributed by atoms with Crippen molar-refractivity contribution < 1.29 is 9.53 Å². The second kappa shape index (κ2) is 8.31. The maximum atomic E-state index is 12.3. The zero-order valence-electron chi connectivity index (χ0n) is 14.1. The number of hydrogen-bond acceptors (Lipinski definition) is 5. The van der Waals surface area contributed by atoms with Crippen LogP contribution < -0.4 is 15.4 Å². The lowest BCUT2D eigenvalue weighted by Crippen LogP contribution is -2.15. The minimum atomic E-state index is -0.344. The lowest BCUT2D eigenvalue weighted by Gasteiger charge is -2.08. The van der Waals surface area contributed by atoms with Crippen LogP contribution in [-0.2, 0) is 6.54 Å². The van der Waals surface area contributed by atoms with E-state index >= 15 is 0 Å². The molecule has 0 bridgehead atoms. The Morgan fingerprint density at radius 3 is 2.65 bits per heavy atom. The largest absolute Gasteiger partial charge is 0.497 e. The molecule has 132 valence electrons. The van der Waals surface area contributed by atoms with Crippen molar-refractivity contribution in [3.05, 3.63) is 76.9 Å². The van der Waals surface area contributed by atoms with Crippen molar-refractivity contribution in [1.82, 2.24) is 10.2 Å².